The van der Waals surface area contributed by atoms with Crippen molar-refractivity contribution < 1.29 is 4.74 Å². The molecule has 0 fully saturated rings. The number of pyridine rings is 1. The number of benzene rings is 1. The largest absolute Gasteiger partial charge is 0.372 e. The molecule has 0 bridgehead atoms. The van der Waals surface area contributed by atoms with Crippen molar-refractivity contribution in [2.24, 2.45) is 5.73 Å². The first-order chi connectivity index (χ1) is 8.90. The summed E-state index contributed by atoms with van der Waals surface area (Å²) in [5.74, 6) is 0. The number of ether oxygens (including phenoxy) is 1. The van der Waals surface area contributed by atoms with E-state index in [2.05, 4.69) is 29.2 Å². The lowest BCUT2D eigenvalue weighted by atomic mass is 9.90. The van der Waals surface area contributed by atoms with Crippen LogP contribution in [0.15, 0.2) is 42.7 Å². The highest BCUT2D eigenvalue weighted by molar-refractivity contribution is 5.69. The van der Waals surface area contributed by atoms with Crippen molar-refractivity contribution in [1.29, 1.82) is 0 Å². The number of nitrogens with two attached hydrogens (primary N) is 1. The van der Waals surface area contributed by atoms with Gasteiger partial charge in [0.25, 0.3) is 0 Å². The number of fused-ring (bicyclic) bond motifs is 1. The van der Waals surface area contributed by atoms with Crippen molar-refractivity contribution in [2.75, 3.05) is 13.2 Å². The third kappa shape index (κ3) is 1.92. The number of nitrogens with zero attached hydrogens (tertiary/aromatic N) is 1. The van der Waals surface area contributed by atoms with E-state index in [0.717, 1.165) is 18.6 Å². The van der Waals surface area contributed by atoms with Gasteiger partial charge in [0.2, 0.25) is 0 Å². The van der Waals surface area contributed by atoms with Gasteiger partial charge in [-0.15, -0.1) is 0 Å². The molecule has 3 heteroatoms. The Balaban J connectivity index is 2.16. The molecule has 2 aromatic rings. The van der Waals surface area contributed by atoms with E-state index in [1.54, 1.807) is 6.20 Å². The van der Waals surface area contributed by atoms with Crippen LogP contribution in [0.1, 0.15) is 17.2 Å². The SMILES string of the molecule is NCC1OCCc2cccc(-c3cccnc3)c21. The van der Waals surface area contributed by atoms with E-state index in [9.17, 15) is 0 Å². The van der Waals surface area contributed by atoms with Crippen LogP contribution in [0.2, 0.25) is 0 Å². The fraction of sp³-hybridized carbons (Fsp3) is 0.267. The van der Waals surface area contributed by atoms with Gasteiger partial charge in [0.05, 0.1) is 12.7 Å². The molecule has 1 aromatic carbocycles. The molecule has 0 saturated carbocycles. The monoisotopic (exact) mass is 240 g/mol. The Labute approximate surface area is 107 Å². The predicted molar refractivity (Wildman–Crippen MR) is 71.1 cm³/mol. The van der Waals surface area contributed by atoms with Crippen molar-refractivity contribution in [3.8, 4) is 11.1 Å². The smallest absolute Gasteiger partial charge is 0.0955 e. The summed E-state index contributed by atoms with van der Waals surface area (Å²) in [5.41, 5.74) is 10.7. The molecule has 0 spiro atoms. The van der Waals surface area contributed by atoms with Gasteiger partial charge in [0, 0.05) is 24.5 Å². The van der Waals surface area contributed by atoms with E-state index in [0.29, 0.717) is 6.54 Å². The second-order valence-electron chi connectivity index (χ2n) is 4.47. The topological polar surface area (TPSA) is 48.1 Å². The van der Waals surface area contributed by atoms with E-state index in [1.807, 2.05) is 12.3 Å². The minimum absolute atomic E-state index is 0.00477. The van der Waals surface area contributed by atoms with Crippen molar-refractivity contribution >= 4 is 0 Å². The van der Waals surface area contributed by atoms with Crippen LogP contribution in [-0.4, -0.2) is 18.1 Å². The lowest BCUT2D eigenvalue weighted by Gasteiger charge is -2.27. The Morgan fingerprint density at radius 2 is 2.22 bits per heavy atom. The van der Waals surface area contributed by atoms with Crippen LogP contribution >= 0.6 is 0 Å². The minimum Gasteiger partial charge on any atom is -0.372 e. The third-order valence-corrected chi connectivity index (χ3v) is 3.40. The molecule has 1 atom stereocenters. The van der Waals surface area contributed by atoms with Gasteiger partial charge in [0.1, 0.15) is 0 Å². The Kier molecular flexibility index (Phi) is 3.09. The summed E-state index contributed by atoms with van der Waals surface area (Å²) in [6, 6.07) is 10.4. The van der Waals surface area contributed by atoms with Gasteiger partial charge < -0.3 is 10.5 Å². The van der Waals surface area contributed by atoms with E-state index in [4.69, 9.17) is 10.5 Å². The average molecular weight is 240 g/mol. The van der Waals surface area contributed by atoms with Crippen LogP contribution in [0.5, 0.6) is 0 Å². The zero-order chi connectivity index (χ0) is 12.4. The first-order valence-electron chi connectivity index (χ1n) is 6.24. The maximum absolute atomic E-state index is 5.82. The van der Waals surface area contributed by atoms with E-state index < -0.39 is 0 Å². The molecule has 1 aliphatic heterocycles. The van der Waals surface area contributed by atoms with Crippen molar-refractivity contribution in [1.82, 2.24) is 4.98 Å². The quantitative estimate of drug-likeness (QED) is 0.876. The fourth-order valence-electron chi connectivity index (χ4n) is 2.57. The van der Waals surface area contributed by atoms with Crippen LogP contribution in [0.25, 0.3) is 11.1 Å². The molecular formula is C15H16N2O. The highest BCUT2D eigenvalue weighted by Crippen LogP contribution is 2.35. The number of hydrogen-bond donors (Lipinski definition) is 1. The van der Waals surface area contributed by atoms with Crippen LogP contribution in [0.3, 0.4) is 0 Å². The first kappa shape index (κ1) is 11.4. The lowest BCUT2D eigenvalue weighted by molar-refractivity contribution is 0.0489. The van der Waals surface area contributed by atoms with Gasteiger partial charge in [0.15, 0.2) is 0 Å². The van der Waals surface area contributed by atoms with Crippen molar-refractivity contribution in [3.63, 3.8) is 0 Å². The molecule has 1 aromatic heterocycles. The molecule has 0 radical (unpaired) electrons. The highest BCUT2D eigenvalue weighted by Gasteiger charge is 2.23. The molecule has 3 nitrogen and oxygen atoms in total. The molecule has 0 aliphatic carbocycles. The van der Waals surface area contributed by atoms with E-state index in [1.165, 1.54) is 16.7 Å². The van der Waals surface area contributed by atoms with Gasteiger partial charge in [-0.2, -0.15) is 0 Å². The van der Waals surface area contributed by atoms with Gasteiger partial charge in [-0.3, -0.25) is 4.98 Å². The Morgan fingerprint density at radius 1 is 1.28 bits per heavy atom. The van der Waals surface area contributed by atoms with Gasteiger partial charge in [-0.1, -0.05) is 24.3 Å². The summed E-state index contributed by atoms with van der Waals surface area (Å²) < 4.78 is 5.77. The molecule has 92 valence electrons. The number of hydrogen-bond acceptors (Lipinski definition) is 3. The second-order valence-corrected chi connectivity index (χ2v) is 4.47. The summed E-state index contributed by atoms with van der Waals surface area (Å²) in [5, 5.41) is 0. The standard InChI is InChI=1S/C15H16N2O/c16-9-14-15-11(6-8-18-14)3-1-5-13(15)12-4-2-7-17-10-12/h1-5,7,10,14H,6,8-9,16H2. The molecular weight excluding hydrogens is 224 g/mol. The predicted octanol–water partition coefficient (Wildman–Crippen LogP) is 2.32. The van der Waals surface area contributed by atoms with Gasteiger partial charge in [-0.25, -0.2) is 0 Å². The Morgan fingerprint density at radius 3 is 3.00 bits per heavy atom. The molecule has 3 rings (SSSR count). The van der Waals surface area contributed by atoms with Crippen LogP contribution < -0.4 is 5.73 Å². The Hall–Kier alpha value is -1.71. The summed E-state index contributed by atoms with van der Waals surface area (Å²) in [7, 11) is 0. The van der Waals surface area contributed by atoms with E-state index >= 15 is 0 Å². The van der Waals surface area contributed by atoms with Crippen LogP contribution in [-0.2, 0) is 11.2 Å². The van der Waals surface area contributed by atoms with Crippen LogP contribution in [0, 0.1) is 0 Å². The van der Waals surface area contributed by atoms with Crippen LogP contribution in [0.4, 0.5) is 0 Å². The maximum atomic E-state index is 5.82. The summed E-state index contributed by atoms with van der Waals surface area (Å²) in [6.07, 6.45) is 4.64. The zero-order valence-corrected chi connectivity index (χ0v) is 10.2. The lowest BCUT2D eigenvalue weighted by Crippen LogP contribution is -2.23. The van der Waals surface area contributed by atoms with Crippen molar-refractivity contribution in [3.05, 3.63) is 53.9 Å². The molecule has 0 saturated heterocycles. The third-order valence-electron chi connectivity index (χ3n) is 3.40. The van der Waals surface area contributed by atoms with Gasteiger partial charge >= 0.3 is 0 Å². The fourth-order valence-corrected chi connectivity index (χ4v) is 2.57. The maximum Gasteiger partial charge on any atom is 0.0955 e. The van der Waals surface area contributed by atoms with Gasteiger partial charge in [-0.05, 0) is 29.2 Å². The molecule has 2 heterocycles. The normalized spacial score (nSPS) is 18.4. The molecule has 2 N–H and O–H groups in total. The summed E-state index contributed by atoms with van der Waals surface area (Å²) in [6.45, 7) is 1.27. The zero-order valence-electron chi connectivity index (χ0n) is 10.2. The highest BCUT2D eigenvalue weighted by atomic mass is 16.5. The van der Waals surface area contributed by atoms with E-state index in [-0.39, 0.29) is 6.10 Å². The first-order valence-corrected chi connectivity index (χ1v) is 6.24. The average Bonchev–Trinajstić information content (AvgIpc) is 2.47. The summed E-state index contributed by atoms with van der Waals surface area (Å²) >= 11 is 0. The molecule has 0 amide bonds. The molecule has 18 heavy (non-hydrogen) atoms. The minimum atomic E-state index is 0.00477. The Bertz CT molecular complexity index is 539. The van der Waals surface area contributed by atoms with Crippen molar-refractivity contribution in [2.45, 2.75) is 12.5 Å². The molecule has 1 aliphatic rings. The molecule has 1 unspecified atom stereocenters. The number of rotatable bonds is 2. The second kappa shape index (κ2) is 4.88. The summed E-state index contributed by atoms with van der Waals surface area (Å²) in [4.78, 5) is 4.19. The number of aromatic nitrogens is 1.